The summed E-state index contributed by atoms with van der Waals surface area (Å²) in [6.07, 6.45) is 1.13. The Morgan fingerprint density at radius 1 is 1.05 bits per heavy atom. The van der Waals surface area contributed by atoms with Crippen molar-refractivity contribution in [2.45, 2.75) is 61.0 Å². The second-order valence-corrected chi connectivity index (χ2v) is 13.3. The summed E-state index contributed by atoms with van der Waals surface area (Å²) in [5.74, 6) is -2.44. The first-order chi connectivity index (χ1) is 19.3. The van der Waals surface area contributed by atoms with Crippen LogP contribution in [0, 0.1) is 5.82 Å². The molecule has 0 radical (unpaired) electrons. The van der Waals surface area contributed by atoms with Crippen molar-refractivity contribution in [2.75, 3.05) is 11.0 Å². The molecule has 41 heavy (non-hydrogen) atoms. The Balaban J connectivity index is 1.62. The number of hydrogen-bond donors (Lipinski definition) is 2. The van der Waals surface area contributed by atoms with Crippen LogP contribution in [0.3, 0.4) is 0 Å². The van der Waals surface area contributed by atoms with Gasteiger partial charge in [0, 0.05) is 22.4 Å². The number of sulfonamides is 1. The summed E-state index contributed by atoms with van der Waals surface area (Å²) in [5, 5.41) is 3.56. The van der Waals surface area contributed by atoms with Gasteiger partial charge in [-0.05, 0) is 54.3 Å². The summed E-state index contributed by atoms with van der Waals surface area (Å²) in [6, 6.07) is 12.3. The van der Waals surface area contributed by atoms with Crippen molar-refractivity contribution >= 4 is 45.0 Å². The maximum Gasteiger partial charge on any atom is 0.433 e. The highest BCUT2D eigenvalue weighted by molar-refractivity contribution is 7.99. The van der Waals surface area contributed by atoms with Gasteiger partial charge in [0.2, 0.25) is 15.9 Å². The van der Waals surface area contributed by atoms with Crippen LogP contribution in [-0.2, 0) is 27.5 Å². The van der Waals surface area contributed by atoms with E-state index in [1.807, 2.05) is 0 Å². The molecule has 13 heteroatoms. The van der Waals surface area contributed by atoms with Gasteiger partial charge < -0.3 is 5.32 Å². The smallest absolute Gasteiger partial charge is 0.351 e. The van der Waals surface area contributed by atoms with Gasteiger partial charge in [-0.2, -0.15) is 13.2 Å². The molecule has 2 N–H and O–H groups in total. The van der Waals surface area contributed by atoms with Gasteiger partial charge in [0.05, 0.1) is 17.9 Å². The number of carbonyl (C=O) groups excluding carboxylic acids is 1. The lowest BCUT2D eigenvalue weighted by atomic mass is 9.90. The van der Waals surface area contributed by atoms with Crippen LogP contribution in [0.15, 0.2) is 59.6 Å². The summed E-state index contributed by atoms with van der Waals surface area (Å²) in [7, 11) is -3.73. The van der Waals surface area contributed by atoms with Crippen LogP contribution in [0.4, 0.5) is 23.2 Å². The number of benzene rings is 2. The van der Waals surface area contributed by atoms with E-state index in [1.165, 1.54) is 30.0 Å². The number of alkyl halides is 3. The topological polar surface area (TPSA) is 88.2 Å². The normalized spacial score (nSPS) is 15.4. The minimum Gasteiger partial charge on any atom is -0.351 e. The molecule has 1 heterocycles. The van der Waals surface area contributed by atoms with Crippen LogP contribution in [0.2, 0.25) is 5.02 Å². The summed E-state index contributed by atoms with van der Waals surface area (Å²) < 4.78 is 80.4. The van der Waals surface area contributed by atoms with E-state index in [4.69, 9.17) is 11.6 Å². The maximum atomic E-state index is 14.9. The molecular weight excluding hydrogens is 602 g/mol. The van der Waals surface area contributed by atoms with Gasteiger partial charge >= 0.3 is 6.18 Å². The van der Waals surface area contributed by atoms with E-state index in [1.54, 1.807) is 24.3 Å². The van der Waals surface area contributed by atoms with Gasteiger partial charge in [-0.15, -0.1) is 11.8 Å². The fourth-order valence-corrected chi connectivity index (χ4v) is 6.65. The maximum absolute atomic E-state index is 14.9. The highest BCUT2D eigenvalue weighted by Gasteiger charge is 2.33. The van der Waals surface area contributed by atoms with Crippen LogP contribution in [-0.4, -0.2) is 30.8 Å². The quantitative estimate of drug-likeness (QED) is 0.246. The van der Waals surface area contributed by atoms with E-state index in [2.05, 4.69) is 15.0 Å². The fraction of sp³-hybridized carbons (Fsp3) is 0.357. The molecule has 0 bridgehead atoms. The third-order valence-electron chi connectivity index (χ3n) is 6.60. The molecule has 0 aliphatic heterocycles. The minimum absolute atomic E-state index is 0.0979. The number of hydrogen-bond acceptors (Lipinski definition) is 5. The van der Waals surface area contributed by atoms with E-state index in [-0.39, 0.29) is 28.1 Å². The molecular formula is C28H28ClF4N3O3S2. The van der Waals surface area contributed by atoms with Crippen molar-refractivity contribution < 1.29 is 30.8 Å². The van der Waals surface area contributed by atoms with Crippen LogP contribution < -0.4 is 10.0 Å². The molecule has 0 spiro atoms. The van der Waals surface area contributed by atoms with Gasteiger partial charge in [0.15, 0.2) is 0 Å². The van der Waals surface area contributed by atoms with Crippen molar-refractivity contribution in [2.24, 2.45) is 0 Å². The lowest BCUT2D eigenvalue weighted by molar-refractivity contribution is -0.141. The predicted octanol–water partition coefficient (Wildman–Crippen LogP) is 7.14. The molecule has 1 aliphatic rings. The van der Waals surface area contributed by atoms with Crippen molar-refractivity contribution in [3.8, 4) is 0 Å². The zero-order valence-corrected chi connectivity index (χ0v) is 24.4. The standard InChI is InChI=1S/C28H28ClF4N3O3S2/c1-41(38,39)36-23-13-9-18(15-22(23)30)25(17-7-11-20(29)12-8-17)26(37)34-16-19-10-14-24(28(31,32)33)35-27(19)40-21-5-3-2-4-6-21/h7-15,21,25,36H,2-6,16H2,1H3,(H,34,37). The molecule has 1 fully saturated rings. The third kappa shape index (κ3) is 8.59. The fourth-order valence-electron chi connectivity index (χ4n) is 4.63. The van der Waals surface area contributed by atoms with Gasteiger partial charge in [-0.1, -0.05) is 55.1 Å². The minimum atomic E-state index is -4.61. The van der Waals surface area contributed by atoms with Crippen molar-refractivity contribution in [3.63, 3.8) is 0 Å². The first-order valence-corrected chi connectivity index (χ1v) is 16.0. The molecule has 6 nitrogen and oxygen atoms in total. The molecule has 1 atom stereocenters. The number of anilines is 1. The number of amides is 1. The van der Waals surface area contributed by atoms with E-state index in [9.17, 15) is 30.8 Å². The average molecular weight is 630 g/mol. The summed E-state index contributed by atoms with van der Waals surface area (Å²) in [6.45, 7) is -0.0979. The van der Waals surface area contributed by atoms with E-state index in [0.717, 1.165) is 50.5 Å². The lowest BCUT2D eigenvalue weighted by Gasteiger charge is -2.23. The molecule has 220 valence electrons. The summed E-state index contributed by atoms with van der Waals surface area (Å²) >= 11 is 7.32. The Morgan fingerprint density at radius 3 is 2.32 bits per heavy atom. The molecule has 0 saturated heterocycles. The summed E-state index contributed by atoms with van der Waals surface area (Å²) in [4.78, 5) is 17.5. The molecule has 3 aromatic rings. The number of halogens is 5. The van der Waals surface area contributed by atoms with Crippen LogP contribution in [0.1, 0.15) is 60.4 Å². The molecule has 4 rings (SSSR count). The van der Waals surface area contributed by atoms with E-state index >= 15 is 0 Å². The zero-order valence-electron chi connectivity index (χ0n) is 22.0. The Morgan fingerprint density at radius 2 is 1.71 bits per heavy atom. The first-order valence-electron chi connectivity index (χ1n) is 12.8. The van der Waals surface area contributed by atoms with E-state index < -0.39 is 39.5 Å². The number of carbonyl (C=O) groups is 1. The van der Waals surface area contributed by atoms with Gasteiger partial charge in [-0.3, -0.25) is 9.52 Å². The Kier molecular flexibility index (Phi) is 9.86. The Labute approximate surface area is 245 Å². The summed E-state index contributed by atoms with van der Waals surface area (Å²) in [5.41, 5.74) is -0.105. The number of aromatic nitrogens is 1. The number of thioether (sulfide) groups is 1. The number of nitrogens with one attached hydrogen (secondary N) is 2. The zero-order chi connectivity index (χ0) is 29.8. The molecule has 1 saturated carbocycles. The van der Waals surface area contributed by atoms with Crippen LogP contribution in [0.25, 0.3) is 0 Å². The molecule has 1 aliphatic carbocycles. The second-order valence-electron chi connectivity index (χ2n) is 9.85. The second kappa shape index (κ2) is 13.0. The molecule has 2 aromatic carbocycles. The number of rotatable bonds is 9. The molecule has 1 amide bonds. The molecule has 1 aromatic heterocycles. The van der Waals surface area contributed by atoms with Crippen molar-refractivity contribution in [1.82, 2.24) is 10.3 Å². The molecule has 1 unspecified atom stereocenters. The monoisotopic (exact) mass is 629 g/mol. The van der Waals surface area contributed by atoms with Gasteiger partial charge in [0.1, 0.15) is 16.5 Å². The lowest BCUT2D eigenvalue weighted by Crippen LogP contribution is -2.30. The van der Waals surface area contributed by atoms with Crippen LogP contribution >= 0.6 is 23.4 Å². The average Bonchev–Trinajstić information content (AvgIpc) is 2.90. The van der Waals surface area contributed by atoms with Crippen molar-refractivity contribution in [3.05, 3.63) is 87.8 Å². The Bertz CT molecular complexity index is 1500. The first kappa shape index (κ1) is 31.1. The predicted molar refractivity (Wildman–Crippen MR) is 152 cm³/mol. The largest absolute Gasteiger partial charge is 0.433 e. The van der Waals surface area contributed by atoms with E-state index in [0.29, 0.717) is 16.1 Å². The van der Waals surface area contributed by atoms with Crippen LogP contribution in [0.5, 0.6) is 0 Å². The highest BCUT2D eigenvalue weighted by Crippen LogP contribution is 2.37. The van der Waals surface area contributed by atoms with Crippen molar-refractivity contribution in [1.29, 1.82) is 0 Å². The van der Waals surface area contributed by atoms with Gasteiger partial charge in [-0.25, -0.2) is 17.8 Å². The number of pyridine rings is 1. The van der Waals surface area contributed by atoms with Gasteiger partial charge in [0.25, 0.3) is 0 Å². The third-order valence-corrected chi connectivity index (χ3v) is 8.82. The number of nitrogens with zero attached hydrogens (tertiary/aromatic N) is 1. The SMILES string of the molecule is CS(=O)(=O)Nc1ccc(C(C(=O)NCc2ccc(C(F)(F)F)nc2SC2CCCCC2)c2ccc(Cl)cc2)cc1F. The Hall–Kier alpha value is -2.83. The highest BCUT2D eigenvalue weighted by atomic mass is 35.5.